The predicted molar refractivity (Wildman–Crippen MR) is 255 cm³/mol. The summed E-state index contributed by atoms with van der Waals surface area (Å²) in [6.07, 6.45) is 15.7. The molecule has 2 aromatic heterocycles. The van der Waals surface area contributed by atoms with Gasteiger partial charge in [0.1, 0.15) is 11.5 Å². The van der Waals surface area contributed by atoms with Crippen molar-refractivity contribution in [1.82, 2.24) is 14.4 Å². The second-order valence-electron chi connectivity index (χ2n) is 15.6. The number of hydrogen-bond acceptors (Lipinski definition) is 2. The highest BCUT2D eigenvalue weighted by atomic mass is 31.1. The van der Waals surface area contributed by atoms with Crippen LogP contribution < -0.4 is 10.6 Å². The fraction of sp³-hybridized carbons (Fsp3) is 0.164. The van der Waals surface area contributed by atoms with Crippen LogP contribution in [0, 0.1) is 0 Å². The number of para-hydroxylation sites is 2. The van der Waals surface area contributed by atoms with E-state index in [1.165, 1.54) is 54.9 Å². The molecule has 10 rings (SSSR count). The number of allylic oxidation sites excluding steroid dienone is 8. The molecule has 8 aromatic rings. The van der Waals surface area contributed by atoms with Crippen molar-refractivity contribution in [3.63, 3.8) is 0 Å². The number of benzene rings is 6. The molecule has 0 aliphatic heterocycles. The van der Waals surface area contributed by atoms with Gasteiger partial charge >= 0.3 is 0 Å². The van der Waals surface area contributed by atoms with Crippen molar-refractivity contribution in [2.24, 2.45) is 0 Å². The van der Waals surface area contributed by atoms with Crippen molar-refractivity contribution in [2.75, 3.05) is 0 Å². The molecular formula is C55H50N3P. The van der Waals surface area contributed by atoms with Gasteiger partial charge in [0.05, 0.1) is 16.6 Å². The molecule has 0 amide bonds. The Bertz CT molecular complexity index is 3000. The summed E-state index contributed by atoms with van der Waals surface area (Å²) in [6, 6.07) is 49.5. The summed E-state index contributed by atoms with van der Waals surface area (Å²) in [7, 11) is -0.594. The van der Waals surface area contributed by atoms with Crippen LogP contribution in [-0.2, 0) is 5.41 Å². The minimum atomic E-state index is -0.594. The molecule has 0 saturated heterocycles. The standard InChI is InChI=1S/C53H44N3P.C2H6/c1-5-15-35(6-2)51-54-48-31-26-37(32-45(48)52-55-49-20-13-14-21-50(49)56(51)52)39-25-30-44-43-29-24-38(33-46(43)53(3,4)47(44)34-39)36-22-27-42(28-23-36)57(40-16-9-7-10-17-40)41-18-11-8-12-19-41;1-2/h5-7,9-11,13-34H,8,12H2,1-4H3;1-2H3/b15-5-,35-6+;. The van der Waals surface area contributed by atoms with E-state index in [-0.39, 0.29) is 5.41 Å². The van der Waals surface area contributed by atoms with Gasteiger partial charge in [-0.25, -0.2) is 9.97 Å². The Labute approximate surface area is 350 Å². The number of fused-ring (bicyclic) bond motifs is 8. The smallest absolute Gasteiger partial charge is 0.149 e. The van der Waals surface area contributed by atoms with Crippen molar-refractivity contribution in [2.45, 2.75) is 59.8 Å². The molecule has 0 fully saturated rings. The molecular weight excluding hydrogens is 734 g/mol. The topological polar surface area (TPSA) is 30.2 Å². The van der Waals surface area contributed by atoms with Crippen LogP contribution in [0.15, 0.2) is 175 Å². The summed E-state index contributed by atoms with van der Waals surface area (Å²) in [5.74, 6) is 0.902. The van der Waals surface area contributed by atoms with E-state index in [1.54, 1.807) is 0 Å². The Hall–Kier alpha value is -6.15. The second-order valence-corrected chi connectivity index (χ2v) is 17.9. The minimum Gasteiger partial charge on any atom is -0.276 e. The van der Waals surface area contributed by atoms with E-state index in [4.69, 9.17) is 9.97 Å². The lowest BCUT2D eigenvalue weighted by Crippen LogP contribution is -2.15. The molecule has 0 saturated carbocycles. The maximum Gasteiger partial charge on any atom is 0.149 e. The minimum absolute atomic E-state index is 0.158. The van der Waals surface area contributed by atoms with Crippen molar-refractivity contribution in [1.29, 1.82) is 0 Å². The average Bonchev–Trinajstić information content (AvgIpc) is 3.79. The van der Waals surface area contributed by atoms with Gasteiger partial charge in [-0.3, -0.25) is 4.40 Å². The van der Waals surface area contributed by atoms with E-state index in [0.29, 0.717) is 0 Å². The Balaban J connectivity index is 0.00000221. The van der Waals surface area contributed by atoms with Gasteiger partial charge in [-0.1, -0.05) is 161 Å². The molecule has 2 heterocycles. The van der Waals surface area contributed by atoms with Crippen LogP contribution >= 0.6 is 7.92 Å². The number of imidazole rings is 1. The maximum atomic E-state index is 5.24. The fourth-order valence-corrected chi connectivity index (χ4v) is 11.3. The normalized spacial score (nSPS) is 14.9. The lowest BCUT2D eigenvalue weighted by atomic mass is 9.81. The molecule has 59 heavy (non-hydrogen) atoms. The first-order valence-corrected chi connectivity index (χ1v) is 22.4. The molecule has 290 valence electrons. The molecule has 0 spiro atoms. The first-order valence-electron chi connectivity index (χ1n) is 21.1. The van der Waals surface area contributed by atoms with Crippen molar-refractivity contribution in [3.05, 3.63) is 192 Å². The summed E-state index contributed by atoms with van der Waals surface area (Å²) in [5.41, 5.74) is 15.1. The first kappa shape index (κ1) is 38.4. The molecule has 3 nitrogen and oxygen atoms in total. The summed E-state index contributed by atoms with van der Waals surface area (Å²) in [4.78, 5) is 10.4. The molecule has 0 N–H and O–H groups in total. The number of hydrogen-bond donors (Lipinski definition) is 0. The number of rotatable bonds is 7. The summed E-state index contributed by atoms with van der Waals surface area (Å²) in [6.45, 7) is 12.9. The highest BCUT2D eigenvalue weighted by molar-refractivity contribution is 7.77. The SMILES string of the molecule is C/C=C\C(=C/C)c1nc2ccc(-c3ccc4c(c3)C(C)(C)c3cc(-c5ccc(P(C6=CCCC=C6)c6ccccc6)cc5)ccc3-4)cc2c2nc3ccccc3n12.CC. The van der Waals surface area contributed by atoms with E-state index in [9.17, 15) is 0 Å². The quantitative estimate of drug-likeness (QED) is 0.119. The molecule has 4 heteroatoms. The van der Waals surface area contributed by atoms with Crippen LogP contribution in [0.3, 0.4) is 0 Å². The molecule has 0 radical (unpaired) electrons. The highest BCUT2D eigenvalue weighted by Gasteiger charge is 2.36. The first-order chi connectivity index (χ1) is 28.9. The zero-order valence-corrected chi connectivity index (χ0v) is 35.8. The summed E-state index contributed by atoms with van der Waals surface area (Å²) in [5, 5.41) is 5.29. The van der Waals surface area contributed by atoms with Crippen LogP contribution in [0.25, 0.3) is 66.5 Å². The average molecular weight is 784 g/mol. The summed E-state index contributed by atoms with van der Waals surface area (Å²) < 4.78 is 2.22. The number of nitrogens with zero attached hydrogens (tertiary/aromatic N) is 3. The zero-order chi connectivity index (χ0) is 40.7. The van der Waals surface area contributed by atoms with Gasteiger partial charge in [0, 0.05) is 16.4 Å². The largest absolute Gasteiger partial charge is 0.276 e. The Morgan fingerprint density at radius 1 is 0.644 bits per heavy atom. The second kappa shape index (κ2) is 15.9. The van der Waals surface area contributed by atoms with Crippen LogP contribution in [0.1, 0.15) is 71.3 Å². The van der Waals surface area contributed by atoms with Gasteiger partial charge in [0.15, 0.2) is 0 Å². The van der Waals surface area contributed by atoms with Crippen molar-refractivity contribution >= 4 is 51.7 Å². The fourth-order valence-electron chi connectivity index (χ4n) is 8.94. The molecule has 1 atom stereocenters. The molecule has 0 bridgehead atoms. The molecule has 2 aliphatic rings. The van der Waals surface area contributed by atoms with Gasteiger partial charge in [-0.15, -0.1) is 0 Å². The summed E-state index contributed by atoms with van der Waals surface area (Å²) >= 11 is 0. The van der Waals surface area contributed by atoms with Gasteiger partial charge < -0.3 is 0 Å². The Kier molecular flexibility index (Phi) is 10.3. The molecule has 2 aliphatic carbocycles. The molecule has 6 aromatic carbocycles. The van der Waals surface area contributed by atoms with Crippen LogP contribution in [0.5, 0.6) is 0 Å². The third kappa shape index (κ3) is 6.68. The molecule has 1 unspecified atom stereocenters. The monoisotopic (exact) mass is 783 g/mol. The predicted octanol–water partition coefficient (Wildman–Crippen LogP) is 14.3. The highest BCUT2D eigenvalue weighted by Crippen LogP contribution is 2.51. The maximum absolute atomic E-state index is 5.24. The van der Waals surface area contributed by atoms with Gasteiger partial charge in [0.2, 0.25) is 0 Å². The van der Waals surface area contributed by atoms with Gasteiger partial charge in [-0.2, -0.15) is 0 Å². The van der Waals surface area contributed by atoms with E-state index < -0.39 is 7.92 Å². The van der Waals surface area contributed by atoms with E-state index in [0.717, 1.165) is 57.4 Å². The number of aromatic nitrogens is 3. The lowest BCUT2D eigenvalue weighted by Gasteiger charge is -2.23. The van der Waals surface area contributed by atoms with E-state index >= 15 is 0 Å². The van der Waals surface area contributed by atoms with E-state index in [1.807, 2.05) is 20.8 Å². The van der Waals surface area contributed by atoms with Crippen molar-refractivity contribution < 1.29 is 0 Å². The van der Waals surface area contributed by atoms with Crippen LogP contribution in [0.2, 0.25) is 0 Å². The van der Waals surface area contributed by atoms with Crippen molar-refractivity contribution in [3.8, 4) is 33.4 Å². The van der Waals surface area contributed by atoms with Crippen LogP contribution in [0.4, 0.5) is 0 Å². The van der Waals surface area contributed by atoms with Gasteiger partial charge in [-0.05, 0) is 131 Å². The zero-order valence-electron chi connectivity index (χ0n) is 34.9. The third-order valence-corrected chi connectivity index (χ3v) is 14.3. The third-order valence-electron chi connectivity index (χ3n) is 11.9. The Morgan fingerprint density at radius 2 is 1.27 bits per heavy atom. The van der Waals surface area contributed by atoms with E-state index in [2.05, 4.69) is 195 Å². The van der Waals surface area contributed by atoms with Crippen LogP contribution in [-0.4, -0.2) is 14.4 Å². The van der Waals surface area contributed by atoms with Gasteiger partial charge in [0.25, 0.3) is 0 Å². The lowest BCUT2D eigenvalue weighted by molar-refractivity contribution is 0.661. The Morgan fingerprint density at radius 3 is 1.95 bits per heavy atom.